The van der Waals surface area contributed by atoms with Crippen LogP contribution in [0.4, 0.5) is 24.8 Å². The first kappa shape index (κ1) is 15.5. The van der Waals surface area contributed by atoms with Gasteiger partial charge in [-0.05, 0) is 20.3 Å². The maximum Gasteiger partial charge on any atom is 0.405 e. The van der Waals surface area contributed by atoms with Crippen LogP contribution in [0.25, 0.3) is 0 Å². The third-order valence-electron chi connectivity index (χ3n) is 2.66. The minimum absolute atomic E-state index is 0.262. The molecule has 0 aliphatic heterocycles. The highest BCUT2D eigenvalue weighted by Crippen LogP contribution is 2.28. The van der Waals surface area contributed by atoms with Gasteiger partial charge in [0, 0.05) is 11.6 Å². The van der Waals surface area contributed by atoms with E-state index in [1.807, 2.05) is 6.92 Å². The molecule has 0 amide bonds. The Labute approximate surface area is 110 Å². The van der Waals surface area contributed by atoms with Crippen molar-refractivity contribution in [1.29, 1.82) is 0 Å². The molecule has 8 heteroatoms. The van der Waals surface area contributed by atoms with Crippen LogP contribution < -0.4 is 16.2 Å². The topological polar surface area (TPSA) is 67.1 Å². The van der Waals surface area contributed by atoms with Gasteiger partial charge in [0.1, 0.15) is 24.5 Å². The molecule has 0 aliphatic carbocycles. The average Bonchev–Trinajstić information content (AvgIpc) is 2.33. The molecule has 108 valence electrons. The Morgan fingerprint density at radius 1 is 1.37 bits per heavy atom. The van der Waals surface area contributed by atoms with E-state index < -0.39 is 12.7 Å². The van der Waals surface area contributed by atoms with Crippen molar-refractivity contribution in [1.82, 2.24) is 9.97 Å². The van der Waals surface area contributed by atoms with E-state index >= 15 is 0 Å². The smallest absolute Gasteiger partial charge is 0.345 e. The summed E-state index contributed by atoms with van der Waals surface area (Å²) >= 11 is 0. The highest BCUT2D eigenvalue weighted by Gasteiger charge is 2.33. The third-order valence-corrected chi connectivity index (χ3v) is 2.66. The van der Waals surface area contributed by atoms with Crippen molar-refractivity contribution in [2.45, 2.75) is 39.4 Å². The van der Waals surface area contributed by atoms with Gasteiger partial charge < -0.3 is 10.3 Å². The van der Waals surface area contributed by atoms with Crippen LogP contribution in [-0.4, -0.2) is 28.7 Å². The fourth-order valence-corrected chi connectivity index (χ4v) is 1.80. The molecule has 1 aromatic heterocycles. The molecule has 0 saturated heterocycles. The molecule has 1 rings (SSSR count). The minimum Gasteiger partial charge on any atom is -0.345 e. The molecule has 3 N–H and O–H groups in total. The quantitative estimate of drug-likeness (QED) is 0.637. The molecule has 0 radical (unpaired) electrons. The first-order chi connectivity index (χ1) is 8.80. The number of alkyl halides is 3. The molecule has 0 aliphatic rings. The lowest BCUT2D eigenvalue weighted by molar-refractivity contribution is -0.120. The van der Waals surface area contributed by atoms with Crippen molar-refractivity contribution in [3.05, 3.63) is 11.9 Å². The van der Waals surface area contributed by atoms with Crippen molar-refractivity contribution in [2.75, 3.05) is 16.9 Å². The van der Waals surface area contributed by atoms with Gasteiger partial charge in [0.15, 0.2) is 0 Å². The van der Waals surface area contributed by atoms with Gasteiger partial charge in [-0.2, -0.15) is 13.2 Å². The summed E-state index contributed by atoms with van der Waals surface area (Å²) in [6.07, 6.45) is -2.61. The lowest BCUT2D eigenvalue weighted by Gasteiger charge is -2.30. The van der Waals surface area contributed by atoms with E-state index in [2.05, 4.69) is 15.4 Å². The summed E-state index contributed by atoms with van der Waals surface area (Å²) in [7, 11) is 0. The summed E-state index contributed by atoms with van der Waals surface area (Å²) in [5.41, 5.74) is 2.96. The first-order valence-electron chi connectivity index (χ1n) is 5.94. The SMILES string of the molecule is CCc1c(NN)ncnc1N(CC(F)(F)F)C(C)C. The summed E-state index contributed by atoms with van der Waals surface area (Å²) in [4.78, 5) is 9.09. The maximum atomic E-state index is 12.6. The molecular formula is C11H18F3N5. The average molecular weight is 277 g/mol. The lowest BCUT2D eigenvalue weighted by atomic mass is 10.2. The zero-order valence-corrected chi connectivity index (χ0v) is 11.1. The second kappa shape index (κ2) is 6.05. The predicted molar refractivity (Wildman–Crippen MR) is 67.8 cm³/mol. The van der Waals surface area contributed by atoms with E-state index in [0.717, 1.165) is 0 Å². The van der Waals surface area contributed by atoms with Crippen LogP contribution in [0.15, 0.2) is 6.33 Å². The summed E-state index contributed by atoms with van der Waals surface area (Å²) in [6.45, 7) is 4.12. The number of hydrazine groups is 1. The van der Waals surface area contributed by atoms with Gasteiger partial charge in [-0.1, -0.05) is 6.92 Å². The number of nitrogens with one attached hydrogen (secondary N) is 1. The zero-order chi connectivity index (χ0) is 14.6. The molecule has 0 unspecified atom stereocenters. The lowest BCUT2D eigenvalue weighted by Crippen LogP contribution is -2.40. The summed E-state index contributed by atoms with van der Waals surface area (Å²) < 4.78 is 37.9. The van der Waals surface area contributed by atoms with Crippen LogP contribution in [-0.2, 0) is 6.42 Å². The molecule has 0 spiro atoms. The number of rotatable bonds is 5. The van der Waals surface area contributed by atoms with Gasteiger partial charge >= 0.3 is 6.18 Å². The third kappa shape index (κ3) is 3.95. The number of aromatic nitrogens is 2. The summed E-state index contributed by atoms with van der Waals surface area (Å²) in [5, 5.41) is 0. The van der Waals surface area contributed by atoms with Gasteiger partial charge in [0.25, 0.3) is 0 Å². The molecule has 1 aromatic rings. The summed E-state index contributed by atoms with van der Waals surface area (Å²) in [6, 6.07) is -0.340. The molecule has 0 aromatic carbocycles. The Balaban J connectivity index is 3.23. The maximum absolute atomic E-state index is 12.6. The van der Waals surface area contributed by atoms with Crippen LogP contribution in [0.3, 0.4) is 0 Å². The van der Waals surface area contributed by atoms with Gasteiger partial charge in [-0.25, -0.2) is 15.8 Å². The Kier molecular flexibility index (Phi) is 4.93. The van der Waals surface area contributed by atoms with Crippen LogP contribution in [0.5, 0.6) is 0 Å². The molecule has 0 bridgehead atoms. The van der Waals surface area contributed by atoms with Crippen LogP contribution >= 0.6 is 0 Å². The molecule has 0 saturated carbocycles. The normalized spacial score (nSPS) is 11.8. The minimum atomic E-state index is -4.30. The zero-order valence-electron chi connectivity index (χ0n) is 11.1. The molecule has 0 atom stereocenters. The van der Waals surface area contributed by atoms with Gasteiger partial charge in [0.2, 0.25) is 0 Å². The fraction of sp³-hybridized carbons (Fsp3) is 0.636. The van der Waals surface area contributed by atoms with Crippen LogP contribution in [0, 0.1) is 0 Å². The largest absolute Gasteiger partial charge is 0.405 e. The van der Waals surface area contributed by atoms with E-state index in [1.165, 1.54) is 11.2 Å². The molecular weight excluding hydrogens is 259 g/mol. The van der Waals surface area contributed by atoms with Gasteiger partial charge in [-0.15, -0.1) is 0 Å². The van der Waals surface area contributed by atoms with E-state index in [0.29, 0.717) is 17.8 Å². The van der Waals surface area contributed by atoms with Crippen molar-refractivity contribution in [3.63, 3.8) is 0 Å². The Morgan fingerprint density at radius 2 is 2.00 bits per heavy atom. The molecule has 0 fully saturated rings. The van der Waals surface area contributed by atoms with E-state index in [4.69, 9.17) is 5.84 Å². The Morgan fingerprint density at radius 3 is 2.42 bits per heavy atom. The van der Waals surface area contributed by atoms with Gasteiger partial charge in [-0.3, -0.25) is 0 Å². The highest BCUT2D eigenvalue weighted by atomic mass is 19.4. The van der Waals surface area contributed by atoms with Crippen LogP contribution in [0.1, 0.15) is 26.3 Å². The second-order valence-corrected chi connectivity index (χ2v) is 4.36. The number of nitrogens with zero attached hydrogens (tertiary/aromatic N) is 3. The highest BCUT2D eigenvalue weighted by molar-refractivity contribution is 5.58. The monoisotopic (exact) mass is 277 g/mol. The van der Waals surface area contributed by atoms with E-state index in [9.17, 15) is 13.2 Å². The molecule has 19 heavy (non-hydrogen) atoms. The van der Waals surface area contributed by atoms with Gasteiger partial charge in [0.05, 0.1) is 0 Å². The van der Waals surface area contributed by atoms with Crippen molar-refractivity contribution in [3.8, 4) is 0 Å². The Bertz CT molecular complexity index is 419. The number of nitrogens with two attached hydrogens (primary N) is 1. The van der Waals surface area contributed by atoms with E-state index in [-0.39, 0.29) is 11.9 Å². The number of nitrogen functional groups attached to an aromatic ring is 1. The van der Waals surface area contributed by atoms with Crippen molar-refractivity contribution in [2.24, 2.45) is 5.84 Å². The summed E-state index contributed by atoms with van der Waals surface area (Å²) in [5.74, 6) is 5.93. The van der Waals surface area contributed by atoms with Crippen LogP contribution in [0.2, 0.25) is 0 Å². The van der Waals surface area contributed by atoms with Crippen molar-refractivity contribution < 1.29 is 13.2 Å². The van der Waals surface area contributed by atoms with E-state index in [1.54, 1.807) is 13.8 Å². The second-order valence-electron chi connectivity index (χ2n) is 4.36. The molecule has 1 heterocycles. The van der Waals surface area contributed by atoms with Crippen molar-refractivity contribution >= 4 is 11.6 Å². The Hall–Kier alpha value is -1.57. The predicted octanol–water partition coefficient (Wildman–Crippen LogP) is 2.10. The number of anilines is 2. The number of hydrogen-bond donors (Lipinski definition) is 2. The standard InChI is InChI=1S/C11H18F3N5/c1-4-8-9(18-15)16-6-17-10(8)19(7(2)3)5-11(12,13)14/h6-7H,4-5,15H2,1-3H3,(H,16,17,18). The number of hydrogen-bond acceptors (Lipinski definition) is 5. The first-order valence-corrected chi connectivity index (χ1v) is 5.94. The molecule has 5 nitrogen and oxygen atoms in total. The number of halogens is 3. The fourth-order valence-electron chi connectivity index (χ4n) is 1.80.